The van der Waals surface area contributed by atoms with Crippen molar-refractivity contribution in [1.82, 2.24) is 14.8 Å². The second kappa shape index (κ2) is 10.1. The van der Waals surface area contributed by atoms with Gasteiger partial charge in [-0.15, -0.1) is 10.2 Å². The molecule has 0 aliphatic carbocycles. The van der Waals surface area contributed by atoms with Crippen LogP contribution in [0.2, 0.25) is 5.02 Å². The first-order valence-corrected chi connectivity index (χ1v) is 11.5. The standard InChI is InChI=1S/C22H24ClN5O2S/c1-30-19-11-10-16(14-18(19)23)24-20(29)15-31-22-26-25-21(27-12-6-3-7-13-27)28(22)17-8-4-2-5-9-17/h2,4-5,8-11,14H,3,6-7,12-13,15H2,1H3,(H,24,29). The van der Waals surface area contributed by atoms with Crippen LogP contribution in [-0.2, 0) is 4.79 Å². The molecule has 1 aromatic heterocycles. The molecule has 31 heavy (non-hydrogen) atoms. The number of piperidine rings is 1. The highest BCUT2D eigenvalue weighted by Gasteiger charge is 2.22. The molecule has 0 atom stereocenters. The Labute approximate surface area is 190 Å². The molecule has 1 saturated heterocycles. The Kier molecular flexibility index (Phi) is 6.99. The molecule has 1 N–H and O–H groups in total. The lowest BCUT2D eigenvalue weighted by Crippen LogP contribution is -2.31. The van der Waals surface area contributed by atoms with Gasteiger partial charge >= 0.3 is 0 Å². The van der Waals surface area contributed by atoms with Gasteiger partial charge in [-0.25, -0.2) is 0 Å². The predicted molar refractivity (Wildman–Crippen MR) is 125 cm³/mol. The second-order valence-electron chi connectivity index (χ2n) is 7.19. The number of halogens is 1. The van der Waals surface area contributed by atoms with Crippen molar-refractivity contribution in [2.75, 3.05) is 36.2 Å². The van der Waals surface area contributed by atoms with Crippen molar-refractivity contribution in [2.24, 2.45) is 0 Å². The van der Waals surface area contributed by atoms with E-state index in [1.807, 2.05) is 34.9 Å². The first-order chi connectivity index (χ1) is 15.2. The van der Waals surface area contributed by atoms with Crippen LogP contribution in [0.15, 0.2) is 53.7 Å². The maximum absolute atomic E-state index is 12.5. The molecule has 0 spiro atoms. The van der Waals surface area contributed by atoms with Crippen molar-refractivity contribution in [1.29, 1.82) is 0 Å². The minimum absolute atomic E-state index is 0.145. The molecule has 0 bridgehead atoms. The van der Waals surface area contributed by atoms with Crippen LogP contribution >= 0.6 is 23.4 Å². The van der Waals surface area contributed by atoms with Crippen molar-refractivity contribution < 1.29 is 9.53 Å². The SMILES string of the molecule is COc1ccc(NC(=O)CSc2nnc(N3CCCCC3)n2-c2ccccc2)cc1Cl. The van der Waals surface area contributed by atoms with Gasteiger partial charge in [-0.1, -0.05) is 41.6 Å². The number of aromatic nitrogens is 3. The van der Waals surface area contributed by atoms with Gasteiger partial charge in [-0.05, 0) is 49.6 Å². The summed E-state index contributed by atoms with van der Waals surface area (Å²) in [5.74, 6) is 1.45. The lowest BCUT2D eigenvalue weighted by molar-refractivity contribution is -0.113. The number of benzene rings is 2. The molecule has 2 heterocycles. The molecular formula is C22H24ClN5O2S. The minimum Gasteiger partial charge on any atom is -0.495 e. The van der Waals surface area contributed by atoms with E-state index in [2.05, 4.69) is 20.4 Å². The summed E-state index contributed by atoms with van der Waals surface area (Å²) in [6.07, 6.45) is 3.54. The zero-order valence-electron chi connectivity index (χ0n) is 17.3. The summed E-state index contributed by atoms with van der Waals surface area (Å²) in [7, 11) is 1.55. The summed E-state index contributed by atoms with van der Waals surface area (Å²) in [6, 6.07) is 15.2. The number of hydrogen-bond acceptors (Lipinski definition) is 6. The predicted octanol–water partition coefficient (Wildman–Crippen LogP) is 4.65. The average Bonchev–Trinajstić information content (AvgIpc) is 3.23. The summed E-state index contributed by atoms with van der Waals surface area (Å²) >= 11 is 7.50. The topological polar surface area (TPSA) is 72.3 Å². The normalized spacial score (nSPS) is 13.8. The Balaban J connectivity index is 1.49. The first kappa shape index (κ1) is 21.5. The van der Waals surface area contributed by atoms with Crippen LogP contribution < -0.4 is 15.0 Å². The monoisotopic (exact) mass is 457 g/mol. The largest absolute Gasteiger partial charge is 0.495 e. The second-order valence-corrected chi connectivity index (χ2v) is 8.54. The smallest absolute Gasteiger partial charge is 0.234 e. The van der Waals surface area contributed by atoms with Crippen molar-refractivity contribution >= 4 is 40.9 Å². The molecular weight excluding hydrogens is 434 g/mol. The number of nitrogens with zero attached hydrogens (tertiary/aromatic N) is 4. The minimum atomic E-state index is -0.145. The number of carbonyl (C=O) groups excluding carboxylic acids is 1. The lowest BCUT2D eigenvalue weighted by atomic mass is 10.1. The number of thioether (sulfide) groups is 1. The van der Waals surface area contributed by atoms with E-state index < -0.39 is 0 Å². The fourth-order valence-electron chi connectivity index (χ4n) is 3.53. The summed E-state index contributed by atoms with van der Waals surface area (Å²) in [4.78, 5) is 14.8. The Morgan fingerprint density at radius 2 is 1.90 bits per heavy atom. The number of amides is 1. The number of anilines is 2. The maximum Gasteiger partial charge on any atom is 0.234 e. The zero-order chi connectivity index (χ0) is 21.6. The van der Waals surface area contributed by atoms with Crippen molar-refractivity contribution in [3.63, 3.8) is 0 Å². The van der Waals surface area contributed by atoms with Gasteiger partial charge in [0.2, 0.25) is 11.9 Å². The van der Waals surface area contributed by atoms with Gasteiger partial charge in [-0.3, -0.25) is 9.36 Å². The van der Waals surface area contributed by atoms with Crippen LogP contribution in [0.4, 0.5) is 11.6 Å². The molecule has 1 fully saturated rings. The van der Waals surface area contributed by atoms with Gasteiger partial charge in [0.05, 0.1) is 23.6 Å². The lowest BCUT2D eigenvalue weighted by Gasteiger charge is -2.27. The van der Waals surface area contributed by atoms with Crippen molar-refractivity contribution in [2.45, 2.75) is 24.4 Å². The van der Waals surface area contributed by atoms with E-state index in [1.165, 1.54) is 18.2 Å². The van der Waals surface area contributed by atoms with E-state index >= 15 is 0 Å². The van der Waals surface area contributed by atoms with Crippen LogP contribution in [0, 0.1) is 0 Å². The van der Waals surface area contributed by atoms with Gasteiger partial charge in [0, 0.05) is 18.8 Å². The quantitative estimate of drug-likeness (QED) is 0.520. The third-order valence-electron chi connectivity index (χ3n) is 5.04. The summed E-state index contributed by atoms with van der Waals surface area (Å²) in [6.45, 7) is 1.93. The highest BCUT2D eigenvalue weighted by atomic mass is 35.5. The first-order valence-electron chi connectivity index (χ1n) is 10.2. The van der Waals surface area contributed by atoms with Gasteiger partial charge in [0.15, 0.2) is 5.16 Å². The van der Waals surface area contributed by atoms with Crippen LogP contribution in [0.25, 0.3) is 5.69 Å². The van der Waals surface area contributed by atoms with Crippen LogP contribution in [0.1, 0.15) is 19.3 Å². The highest BCUT2D eigenvalue weighted by Crippen LogP contribution is 2.29. The van der Waals surface area contributed by atoms with E-state index in [0.717, 1.165) is 37.6 Å². The summed E-state index contributed by atoms with van der Waals surface area (Å²) < 4.78 is 7.18. The fourth-order valence-corrected chi connectivity index (χ4v) is 4.53. The number of rotatable bonds is 7. The molecule has 0 radical (unpaired) electrons. The number of nitrogens with one attached hydrogen (secondary N) is 1. The Morgan fingerprint density at radius 1 is 1.13 bits per heavy atom. The Hall–Kier alpha value is -2.71. The molecule has 9 heteroatoms. The van der Waals surface area contributed by atoms with Crippen LogP contribution in [0.5, 0.6) is 5.75 Å². The van der Waals surface area contributed by atoms with E-state index in [4.69, 9.17) is 16.3 Å². The van der Waals surface area contributed by atoms with Gasteiger partial charge < -0.3 is 15.0 Å². The average molecular weight is 458 g/mol. The molecule has 162 valence electrons. The summed E-state index contributed by atoms with van der Waals surface area (Å²) in [5, 5.41) is 12.9. The number of carbonyl (C=O) groups is 1. The maximum atomic E-state index is 12.5. The van der Waals surface area contributed by atoms with Crippen LogP contribution in [0.3, 0.4) is 0 Å². The number of hydrogen-bond donors (Lipinski definition) is 1. The highest BCUT2D eigenvalue weighted by molar-refractivity contribution is 7.99. The molecule has 1 aliphatic heterocycles. The zero-order valence-corrected chi connectivity index (χ0v) is 18.8. The van der Waals surface area contributed by atoms with E-state index in [0.29, 0.717) is 21.6 Å². The van der Waals surface area contributed by atoms with E-state index in [1.54, 1.807) is 25.3 Å². The molecule has 2 aromatic carbocycles. The molecule has 0 unspecified atom stereocenters. The fraction of sp³-hybridized carbons (Fsp3) is 0.318. The molecule has 3 aromatic rings. The van der Waals surface area contributed by atoms with Crippen molar-refractivity contribution in [3.05, 3.63) is 53.6 Å². The van der Waals surface area contributed by atoms with Gasteiger partial charge in [-0.2, -0.15) is 0 Å². The third kappa shape index (κ3) is 5.14. The molecule has 7 nitrogen and oxygen atoms in total. The molecule has 1 amide bonds. The molecule has 1 aliphatic rings. The van der Waals surface area contributed by atoms with Gasteiger partial charge in [0.1, 0.15) is 5.75 Å². The summed E-state index contributed by atoms with van der Waals surface area (Å²) in [5.41, 5.74) is 1.60. The molecule has 0 saturated carbocycles. The number of methoxy groups -OCH3 is 1. The van der Waals surface area contributed by atoms with Gasteiger partial charge in [0.25, 0.3) is 0 Å². The Morgan fingerprint density at radius 3 is 2.61 bits per heavy atom. The van der Waals surface area contributed by atoms with E-state index in [-0.39, 0.29) is 11.7 Å². The molecule has 4 rings (SSSR count). The van der Waals surface area contributed by atoms with Crippen LogP contribution in [-0.4, -0.2) is 46.6 Å². The van der Waals surface area contributed by atoms with Crippen molar-refractivity contribution in [3.8, 4) is 11.4 Å². The number of para-hydroxylation sites is 1. The number of ether oxygens (including phenoxy) is 1. The third-order valence-corrected chi connectivity index (χ3v) is 6.26. The Bertz CT molecular complexity index is 1040. The van der Waals surface area contributed by atoms with E-state index in [9.17, 15) is 4.79 Å².